The second-order valence-electron chi connectivity index (χ2n) is 6.81. The van der Waals surface area contributed by atoms with Gasteiger partial charge < -0.3 is 24.6 Å². The molecule has 1 fully saturated rings. The maximum absolute atomic E-state index is 12.5. The molecule has 4 atom stereocenters. The second-order valence-corrected chi connectivity index (χ2v) is 8.60. The van der Waals surface area contributed by atoms with Gasteiger partial charge in [0.05, 0.1) is 12.4 Å². The van der Waals surface area contributed by atoms with Crippen molar-refractivity contribution in [3.8, 4) is 0 Å². The molecular weight excluding hydrogens is 425 g/mol. The third-order valence-corrected chi connectivity index (χ3v) is 5.87. The Bertz CT molecular complexity index is 1170. The minimum Gasteiger partial charge on any atom is -0.390 e. The van der Waals surface area contributed by atoms with Gasteiger partial charge in [0.15, 0.2) is 17.0 Å². The Morgan fingerprint density at radius 2 is 2.10 bits per heavy atom. The van der Waals surface area contributed by atoms with E-state index in [9.17, 15) is 19.4 Å². The number of aliphatic hydroxyl groups excluding tert-OH is 1. The van der Waals surface area contributed by atoms with Crippen LogP contribution >= 0.6 is 7.60 Å². The van der Waals surface area contributed by atoms with Crippen molar-refractivity contribution >= 4 is 30.5 Å². The van der Waals surface area contributed by atoms with Gasteiger partial charge in [0.25, 0.3) is 5.91 Å². The highest BCUT2D eigenvalue weighted by Crippen LogP contribution is 2.43. The SMILES string of the molecule is COP(=O)(O)/C=C/[C@H]1O[C@@H](n2cnc3c(NC(=O)c4ccccc4)ncnc32)C[C@@H]1O. The lowest BCUT2D eigenvalue weighted by Crippen LogP contribution is -2.17. The van der Waals surface area contributed by atoms with E-state index < -0.39 is 26.0 Å². The lowest BCUT2D eigenvalue weighted by atomic mass is 10.2. The number of rotatable bonds is 6. The highest BCUT2D eigenvalue weighted by molar-refractivity contribution is 7.56. The molecule has 0 saturated carbocycles. The number of hydrogen-bond donors (Lipinski definition) is 3. The zero-order valence-corrected chi connectivity index (χ0v) is 17.3. The van der Waals surface area contributed by atoms with Crippen molar-refractivity contribution in [3.63, 3.8) is 0 Å². The molecule has 3 N–H and O–H groups in total. The molecule has 0 aliphatic carbocycles. The highest BCUT2D eigenvalue weighted by Gasteiger charge is 2.35. The number of aromatic nitrogens is 4. The summed E-state index contributed by atoms with van der Waals surface area (Å²) in [6, 6.07) is 8.70. The van der Waals surface area contributed by atoms with Crippen molar-refractivity contribution in [2.24, 2.45) is 0 Å². The molecule has 1 amide bonds. The fraction of sp³-hybridized carbons (Fsp3) is 0.263. The van der Waals surface area contributed by atoms with Crippen LogP contribution in [0, 0.1) is 0 Å². The molecule has 1 aromatic carbocycles. The van der Waals surface area contributed by atoms with Gasteiger partial charge in [-0.2, -0.15) is 0 Å². The maximum atomic E-state index is 12.5. The van der Waals surface area contributed by atoms with Gasteiger partial charge >= 0.3 is 7.60 Å². The minimum absolute atomic E-state index is 0.207. The van der Waals surface area contributed by atoms with E-state index in [1.165, 1.54) is 18.7 Å². The summed E-state index contributed by atoms with van der Waals surface area (Å²) in [7, 11) is -2.75. The molecule has 11 nitrogen and oxygen atoms in total. The molecule has 4 rings (SSSR count). The number of imidazole rings is 1. The summed E-state index contributed by atoms with van der Waals surface area (Å²) in [6.07, 6.45) is 1.94. The number of nitrogens with one attached hydrogen (secondary N) is 1. The number of nitrogens with zero attached hydrogens (tertiary/aromatic N) is 4. The van der Waals surface area contributed by atoms with Gasteiger partial charge in [-0.3, -0.25) is 13.9 Å². The smallest absolute Gasteiger partial charge is 0.351 e. The summed E-state index contributed by atoms with van der Waals surface area (Å²) in [4.78, 5) is 34.6. The summed E-state index contributed by atoms with van der Waals surface area (Å²) in [5.74, 6) is 0.891. The van der Waals surface area contributed by atoms with E-state index >= 15 is 0 Å². The average Bonchev–Trinajstić information content (AvgIpc) is 3.37. The van der Waals surface area contributed by atoms with Crippen molar-refractivity contribution in [3.05, 3.63) is 60.4 Å². The Kier molecular flexibility index (Phi) is 5.94. The van der Waals surface area contributed by atoms with Gasteiger partial charge in [-0.1, -0.05) is 18.2 Å². The van der Waals surface area contributed by atoms with Crippen molar-refractivity contribution in [1.82, 2.24) is 19.5 Å². The van der Waals surface area contributed by atoms with Crippen molar-refractivity contribution in [1.29, 1.82) is 0 Å². The van der Waals surface area contributed by atoms with Crippen LogP contribution in [0.4, 0.5) is 5.82 Å². The predicted octanol–water partition coefficient (Wildman–Crippen LogP) is 2.07. The van der Waals surface area contributed by atoms with Crippen molar-refractivity contribution < 1.29 is 28.6 Å². The fourth-order valence-electron chi connectivity index (χ4n) is 3.20. The number of hydrogen-bond acceptors (Lipinski definition) is 8. The first kappa shape index (κ1) is 21.3. The van der Waals surface area contributed by atoms with E-state index in [4.69, 9.17) is 4.74 Å². The van der Waals surface area contributed by atoms with E-state index in [0.717, 1.165) is 12.9 Å². The van der Waals surface area contributed by atoms with Crippen molar-refractivity contribution in [2.75, 3.05) is 12.4 Å². The number of aliphatic hydroxyl groups is 1. The standard InChI is InChI=1S/C19H20N5O6P/c1-29-31(27,28)8-7-14-13(25)9-15(30-14)24-11-22-16-17(20-10-21-18(16)24)23-19(26)12-5-3-2-4-6-12/h2-8,10-11,13-15,25H,9H2,1H3,(H,27,28)(H,20,21,23,26)/b8-7+/t13-,14+,15+/m0/s1. The number of benzene rings is 1. The van der Waals surface area contributed by atoms with Gasteiger partial charge in [-0.15, -0.1) is 0 Å². The molecule has 1 saturated heterocycles. The third-order valence-electron chi connectivity index (χ3n) is 4.80. The lowest BCUT2D eigenvalue weighted by molar-refractivity contribution is 0.00903. The van der Waals surface area contributed by atoms with Crippen molar-refractivity contribution in [2.45, 2.75) is 24.9 Å². The van der Waals surface area contributed by atoms with Crippen LogP contribution in [0.5, 0.6) is 0 Å². The summed E-state index contributed by atoms with van der Waals surface area (Å²) < 4.78 is 23.5. The molecule has 12 heteroatoms. The van der Waals surface area contributed by atoms with Gasteiger partial charge in [0, 0.05) is 24.9 Å². The quantitative estimate of drug-likeness (QED) is 0.485. The minimum atomic E-state index is -3.87. The van der Waals surface area contributed by atoms with Gasteiger partial charge in [0.2, 0.25) is 0 Å². The third kappa shape index (κ3) is 4.55. The van der Waals surface area contributed by atoms with Crippen LogP contribution in [0.15, 0.2) is 54.9 Å². The Morgan fingerprint density at radius 1 is 1.32 bits per heavy atom. The Balaban J connectivity index is 1.56. The second kappa shape index (κ2) is 8.66. The number of amides is 1. The van der Waals surface area contributed by atoms with Crippen LogP contribution in [-0.2, 0) is 13.8 Å². The summed E-state index contributed by atoms with van der Waals surface area (Å²) in [6.45, 7) is 0. The lowest BCUT2D eigenvalue weighted by Gasteiger charge is -2.13. The van der Waals surface area contributed by atoms with E-state index in [0.29, 0.717) is 16.7 Å². The first-order valence-electron chi connectivity index (χ1n) is 9.33. The molecule has 1 aliphatic rings. The molecule has 2 aromatic heterocycles. The zero-order valence-electron chi connectivity index (χ0n) is 16.4. The highest BCUT2D eigenvalue weighted by atomic mass is 31.2. The average molecular weight is 445 g/mol. The van der Waals surface area contributed by atoms with Gasteiger partial charge in [-0.25, -0.2) is 15.0 Å². The van der Waals surface area contributed by atoms with E-state index in [1.807, 2.05) is 6.07 Å². The van der Waals surface area contributed by atoms with Crippen LogP contribution in [-0.4, -0.2) is 54.7 Å². The van der Waals surface area contributed by atoms with E-state index in [1.54, 1.807) is 28.8 Å². The van der Waals surface area contributed by atoms with Crippen LogP contribution in [0.3, 0.4) is 0 Å². The van der Waals surface area contributed by atoms with E-state index in [2.05, 4.69) is 24.8 Å². The van der Waals surface area contributed by atoms with Gasteiger partial charge in [-0.05, 0) is 18.2 Å². The Morgan fingerprint density at radius 3 is 2.84 bits per heavy atom. The Hall–Kier alpha value is -2.95. The molecular formula is C19H20N5O6P. The number of ether oxygens (including phenoxy) is 1. The zero-order chi connectivity index (χ0) is 22.0. The Labute approximate surface area is 176 Å². The number of carbonyl (C=O) groups is 1. The predicted molar refractivity (Wildman–Crippen MR) is 110 cm³/mol. The fourth-order valence-corrected chi connectivity index (χ4v) is 3.71. The van der Waals surface area contributed by atoms with Crippen LogP contribution in [0.2, 0.25) is 0 Å². The molecule has 0 bridgehead atoms. The van der Waals surface area contributed by atoms with Gasteiger partial charge in [0.1, 0.15) is 18.7 Å². The molecule has 1 aliphatic heterocycles. The maximum Gasteiger partial charge on any atom is 0.351 e. The molecule has 162 valence electrons. The first-order valence-corrected chi connectivity index (χ1v) is 11.0. The largest absolute Gasteiger partial charge is 0.390 e. The van der Waals surface area contributed by atoms with Crippen LogP contribution in [0.1, 0.15) is 23.0 Å². The van der Waals surface area contributed by atoms with Crippen LogP contribution in [0.25, 0.3) is 11.2 Å². The summed E-state index contributed by atoms with van der Waals surface area (Å²) in [5.41, 5.74) is 1.25. The summed E-state index contributed by atoms with van der Waals surface area (Å²) >= 11 is 0. The first-order chi connectivity index (χ1) is 14.9. The monoisotopic (exact) mass is 445 g/mol. The molecule has 31 heavy (non-hydrogen) atoms. The topological polar surface area (TPSA) is 149 Å². The molecule has 0 radical (unpaired) electrons. The number of fused-ring (bicyclic) bond motifs is 1. The molecule has 3 aromatic rings. The summed E-state index contributed by atoms with van der Waals surface area (Å²) in [5, 5.41) is 13.0. The molecule has 1 unspecified atom stereocenters. The molecule has 0 spiro atoms. The normalized spacial score (nSPS) is 23.3. The van der Waals surface area contributed by atoms with E-state index in [-0.39, 0.29) is 18.1 Å². The number of carbonyl (C=O) groups excluding carboxylic acids is 1. The van der Waals surface area contributed by atoms with Crippen LogP contribution < -0.4 is 5.32 Å². The number of anilines is 1. The molecule has 3 heterocycles.